The van der Waals surface area contributed by atoms with Crippen LogP contribution >= 0.6 is 0 Å². The van der Waals surface area contributed by atoms with E-state index in [0.29, 0.717) is 10.5 Å². The molecule has 3 heterocycles. The Labute approximate surface area is 252 Å². The number of hydrogen-bond donors (Lipinski definition) is 3. The molecule has 0 saturated heterocycles. The summed E-state index contributed by atoms with van der Waals surface area (Å²) >= 11 is 0. The number of halogens is 3. The number of pyridine rings is 1. The number of aryl methyl sites for hydroxylation is 1. The molecule has 17 heteroatoms. The molecule has 0 aliphatic carbocycles. The highest BCUT2D eigenvalue weighted by atomic mass is 19.4. The van der Waals surface area contributed by atoms with Gasteiger partial charge in [-0.1, -0.05) is 6.07 Å². The number of hydrogen-bond acceptors (Lipinski definition) is 9. The first-order chi connectivity index (χ1) is 20.9. The van der Waals surface area contributed by atoms with E-state index in [1.54, 1.807) is 19.1 Å². The number of alkyl halides is 3. The maximum absolute atomic E-state index is 13.3. The molecule has 0 aliphatic rings. The second-order valence-corrected chi connectivity index (χ2v) is 10.6. The van der Waals surface area contributed by atoms with Crippen LogP contribution in [0.3, 0.4) is 0 Å². The minimum Gasteiger partial charge on any atom is -0.478 e. The van der Waals surface area contributed by atoms with Crippen molar-refractivity contribution in [2.24, 2.45) is 5.73 Å². The predicted octanol–water partition coefficient (Wildman–Crippen LogP) is 4.58. The molecule has 4 N–H and O–H groups in total. The van der Waals surface area contributed by atoms with Gasteiger partial charge >= 0.3 is 18.2 Å². The van der Waals surface area contributed by atoms with Gasteiger partial charge in [0.25, 0.3) is 11.8 Å². The SMILES string of the molecule is Cc1ccc(-n2cc(NC(=O)c3coc(-c4ccnc(N(CC(F)(F)F)C(=O)OC(C)(C)C)c4)n3)c(C(N)=O)n2)cc1C(=O)O. The summed E-state index contributed by atoms with van der Waals surface area (Å²) in [5.41, 5.74) is 4.41. The molecule has 3 amide bonds. The highest BCUT2D eigenvalue weighted by Crippen LogP contribution is 2.28. The van der Waals surface area contributed by atoms with Crippen LogP contribution in [0.2, 0.25) is 0 Å². The number of carbonyl (C=O) groups is 4. The van der Waals surface area contributed by atoms with Crippen molar-refractivity contribution in [3.8, 4) is 17.1 Å². The van der Waals surface area contributed by atoms with Gasteiger partial charge in [0.1, 0.15) is 24.2 Å². The number of carbonyl (C=O) groups excluding carboxylic acids is 3. The van der Waals surface area contributed by atoms with E-state index in [1.807, 2.05) is 0 Å². The molecule has 0 atom stereocenters. The molecule has 236 valence electrons. The second-order valence-electron chi connectivity index (χ2n) is 10.6. The first-order valence-corrected chi connectivity index (χ1v) is 13.0. The Morgan fingerprint density at radius 2 is 1.84 bits per heavy atom. The second kappa shape index (κ2) is 12.1. The van der Waals surface area contributed by atoms with Gasteiger partial charge in [0.2, 0.25) is 5.89 Å². The number of nitrogens with two attached hydrogens (primary N) is 1. The summed E-state index contributed by atoms with van der Waals surface area (Å²) in [5.74, 6) is -3.65. The topological polar surface area (TPSA) is 196 Å². The fraction of sp³-hybridized carbons (Fsp3) is 0.250. The van der Waals surface area contributed by atoms with Crippen molar-refractivity contribution in [1.29, 1.82) is 0 Å². The number of carboxylic acid groups (broad SMARTS) is 1. The zero-order valence-electron chi connectivity index (χ0n) is 24.2. The minimum atomic E-state index is -4.78. The number of rotatable bonds is 8. The molecular formula is C28H26F3N7O7. The third-order valence-electron chi connectivity index (χ3n) is 5.87. The van der Waals surface area contributed by atoms with Crippen molar-refractivity contribution in [3.63, 3.8) is 0 Å². The van der Waals surface area contributed by atoms with E-state index in [9.17, 15) is 37.5 Å². The van der Waals surface area contributed by atoms with Gasteiger partial charge in [-0.15, -0.1) is 0 Å². The van der Waals surface area contributed by atoms with Gasteiger partial charge in [-0.2, -0.15) is 18.3 Å². The van der Waals surface area contributed by atoms with E-state index in [2.05, 4.69) is 20.4 Å². The van der Waals surface area contributed by atoms with E-state index in [-0.39, 0.29) is 39.8 Å². The third kappa shape index (κ3) is 7.81. The Morgan fingerprint density at radius 3 is 2.47 bits per heavy atom. The van der Waals surface area contributed by atoms with Crippen molar-refractivity contribution >= 4 is 35.4 Å². The Bertz CT molecular complexity index is 1790. The monoisotopic (exact) mass is 629 g/mol. The number of benzene rings is 1. The van der Waals surface area contributed by atoms with Gasteiger partial charge in [0.15, 0.2) is 11.4 Å². The number of nitrogens with one attached hydrogen (secondary N) is 1. The van der Waals surface area contributed by atoms with Crippen LogP contribution in [0.5, 0.6) is 0 Å². The number of anilines is 2. The molecule has 0 unspecified atom stereocenters. The van der Waals surface area contributed by atoms with E-state index in [0.717, 1.165) is 23.2 Å². The van der Waals surface area contributed by atoms with Gasteiger partial charge in [-0.25, -0.2) is 24.2 Å². The van der Waals surface area contributed by atoms with Crippen LogP contribution < -0.4 is 16.0 Å². The summed E-state index contributed by atoms with van der Waals surface area (Å²) in [7, 11) is 0. The first kappa shape index (κ1) is 32.2. The van der Waals surface area contributed by atoms with Gasteiger partial charge < -0.3 is 25.3 Å². The van der Waals surface area contributed by atoms with Crippen molar-refractivity contribution in [2.75, 3.05) is 16.8 Å². The van der Waals surface area contributed by atoms with E-state index < -0.39 is 48.0 Å². The Kier molecular flexibility index (Phi) is 8.65. The molecule has 45 heavy (non-hydrogen) atoms. The molecule has 14 nitrogen and oxygen atoms in total. The summed E-state index contributed by atoms with van der Waals surface area (Å²) < 4.78 is 51.6. The first-order valence-electron chi connectivity index (χ1n) is 13.0. The Hall–Kier alpha value is -5.74. The number of amides is 3. The fourth-order valence-electron chi connectivity index (χ4n) is 3.89. The molecule has 0 saturated carbocycles. The summed E-state index contributed by atoms with van der Waals surface area (Å²) in [5, 5.41) is 15.9. The van der Waals surface area contributed by atoms with Crippen LogP contribution in [0.1, 0.15) is 57.7 Å². The van der Waals surface area contributed by atoms with Crippen LogP contribution in [-0.2, 0) is 4.74 Å². The lowest BCUT2D eigenvalue weighted by molar-refractivity contribution is -0.119. The third-order valence-corrected chi connectivity index (χ3v) is 5.87. The molecule has 0 radical (unpaired) electrons. The standard InChI is InChI=1S/C28H26F3N7O7/c1-14-5-6-16(10-17(14)25(41)42)38-11-18(21(36-38)22(32)39)34-23(40)19-12-44-24(35-19)15-7-8-33-20(9-15)37(13-28(29,30)31)26(43)45-27(2,3)4/h5-12H,13H2,1-4H3,(H2,32,39)(H,34,40)(H,41,42). The largest absolute Gasteiger partial charge is 0.478 e. The lowest BCUT2D eigenvalue weighted by Gasteiger charge is -2.27. The summed E-state index contributed by atoms with van der Waals surface area (Å²) in [6.07, 6.45) is -2.74. The lowest BCUT2D eigenvalue weighted by Crippen LogP contribution is -2.42. The van der Waals surface area contributed by atoms with Crippen LogP contribution in [0.15, 0.2) is 53.4 Å². The van der Waals surface area contributed by atoms with Crippen LogP contribution in [0.4, 0.5) is 29.5 Å². The number of ether oxygens (including phenoxy) is 1. The van der Waals surface area contributed by atoms with Gasteiger partial charge in [-0.05, 0) is 57.5 Å². The van der Waals surface area contributed by atoms with Crippen molar-refractivity contribution in [1.82, 2.24) is 19.7 Å². The fourth-order valence-corrected chi connectivity index (χ4v) is 3.89. The summed E-state index contributed by atoms with van der Waals surface area (Å²) in [6, 6.07) is 6.86. The van der Waals surface area contributed by atoms with Gasteiger partial charge in [-0.3, -0.25) is 14.5 Å². The average Bonchev–Trinajstić information content (AvgIpc) is 3.59. The number of aromatic nitrogens is 4. The van der Waals surface area contributed by atoms with Gasteiger partial charge in [0.05, 0.1) is 23.1 Å². The highest BCUT2D eigenvalue weighted by Gasteiger charge is 2.37. The number of oxazole rings is 1. The number of primary amides is 1. The van der Waals surface area contributed by atoms with Crippen LogP contribution in [-0.4, -0.2) is 67.1 Å². The zero-order chi connectivity index (χ0) is 33.3. The van der Waals surface area contributed by atoms with Gasteiger partial charge in [0, 0.05) is 11.8 Å². The minimum absolute atomic E-state index is 0.00349. The highest BCUT2D eigenvalue weighted by molar-refractivity contribution is 6.07. The summed E-state index contributed by atoms with van der Waals surface area (Å²) in [6.45, 7) is 4.40. The van der Waals surface area contributed by atoms with E-state index in [4.69, 9.17) is 14.9 Å². The average molecular weight is 630 g/mol. The molecule has 4 aromatic rings. The molecule has 0 aliphatic heterocycles. The van der Waals surface area contributed by atoms with Crippen molar-refractivity contribution < 1.29 is 46.6 Å². The predicted molar refractivity (Wildman–Crippen MR) is 151 cm³/mol. The molecule has 0 bridgehead atoms. The molecule has 1 aromatic carbocycles. The van der Waals surface area contributed by atoms with Crippen molar-refractivity contribution in [2.45, 2.75) is 39.5 Å². The summed E-state index contributed by atoms with van der Waals surface area (Å²) in [4.78, 5) is 57.4. The smallest absolute Gasteiger partial charge is 0.416 e. The molecule has 0 fully saturated rings. The number of nitrogens with zero attached hydrogens (tertiary/aromatic N) is 5. The van der Waals surface area contributed by atoms with Crippen LogP contribution in [0, 0.1) is 6.92 Å². The van der Waals surface area contributed by atoms with Crippen LogP contribution in [0.25, 0.3) is 17.1 Å². The van der Waals surface area contributed by atoms with E-state index >= 15 is 0 Å². The maximum Gasteiger partial charge on any atom is 0.416 e. The van der Waals surface area contributed by atoms with Crippen molar-refractivity contribution in [3.05, 3.63) is 71.5 Å². The normalized spacial score (nSPS) is 11.6. The molecular weight excluding hydrogens is 603 g/mol. The lowest BCUT2D eigenvalue weighted by atomic mass is 10.1. The maximum atomic E-state index is 13.3. The number of carboxylic acids is 1. The number of aromatic carboxylic acids is 1. The Balaban J connectivity index is 1.60. The molecule has 3 aromatic heterocycles. The van der Waals surface area contributed by atoms with E-state index in [1.165, 1.54) is 39.1 Å². The zero-order valence-corrected chi connectivity index (χ0v) is 24.2. The molecule has 0 spiro atoms. The molecule has 4 rings (SSSR count). The Morgan fingerprint density at radius 1 is 1.13 bits per heavy atom. The quantitative estimate of drug-likeness (QED) is 0.248.